The average molecular weight is 301 g/mol. The molecule has 2 N–H and O–H groups in total. The van der Waals surface area contributed by atoms with Gasteiger partial charge in [0.15, 0.2) is 6.10 Å². The van der Waals surface area contributed by atoms with Crippen LogP contribution in [0.2, 0.25) is 5.02 Å². The summed E-state index contributed by atoms with van der Waals surface area (Å²) in [5.74, 6) is 0.315. The Morgan fingerprint density at radius 2 is 2.20 bits per heavy atom. The van der Waals surface area contributed by atoms with Crippen molar-refractivity contribution in [2.45, 2.75) is 19.6 Å². The Balaban J connectivity index is 2.57. The first-order chi connectivity index (χ1) is 9.58. The highest BCUT2D eigenvalue weighted by Crippen LogP contribution is 2.26. The molecule has 1 atom stereocenters. The van der Waals surface area contributed by atoms with Gasteiger partial charge in [-0.05, 0) is 24.6 Å². The monoisotopic (exact) mass is 300 g/mol. The normalized spacial score (nSPS) is 12.0. The number of nitrogens with one attached hydrogen (secondary N) is 2. The van der Waals surface area contributed by atoms with Crippen molar-refractivity contribution in [1.29, 1.82) is 0 Å². The Bertz CT molecular complexity index is 440. The lowest BCUT2D eigenvalue weighted by Gasteiger charge is -2.15. The van der Waals surface area contributed by atoms with Crippen LogP contribution in [0.1, 0.15) is 12.5 Å². The summed E-state index contributed by atoms with van der Waals surface area (Å²) in [7, 11) is 3.23. The van der Waals surface area contributed by atoms with Gasteiger partial charge in [-0.3, -0.25) is 4.79 Å². The molecule has 0 fully saturated rings. The molecule has 1 rings (SSSR count). The molecule has 5 nitrogen and oxygen atoms in total. The number of ether oxygens (including phenoxy) is 2. The van der Waals surface area contributed by atoms with Crippen LogP contribution in [0.4, 0.5) is 0 Å². The highest BCUT2D eigenvalue weighted by Gasteiger charge is 2.14. The van der Waals surface area contributed by atoms with Crippen LogP contribution in [-0.2, 0) is 16.1 Å². The summed E-state index contributed by atoms with van der Waals surface area (Å²) in [6.45, 7) is 3.82. The van der Waals surface area contributed by atoms with Crippen molar-refractivity contribution >= 4 is 17.5 Å². The molecule has 1 amide bonds. The van der Waals surface area contributed by atoms with Crippen LogP contribution in [0.5, 0.6) is 5.75 Å². The molecule has 0 radical (unpaired) electrons. The second-order valence-corrected chi connectivity index (χ2v) is 4.72. The van der Waals surface area contributed by atoms with Crippen LogP contribution in [0.25, 0.3) is 0 Å². The highest BCUT2D eigenvalue weighted by molar-refractivity contribution is 6.32. The number of benzene rings is 1. The van der Waals surface area contributed by atoms with Gasteiger partial charge in [-0.2, -0.15) is 0 Å². The van der Waals surface area contributed by atoms with Gasteiger partial charge in [0.25, 0.3) is 5.91 Å². The number of halogens is 1. The minimum atomic E-state index is -0.580. The molecule has 0 aromatic heterocycles. The van der Waals surface area contributed by atoms with E-state index in [1.54, 1.807) is 27.1 Å². The summed E-state index contributed by atoms with van der Waals surface area (Å²) in [6.07, 6.45) is -0.580. The Kier molecular flexibility index (Phi) is 7.36. The van der Waals surface area contributed by atoms with Crippen molar-refractivity contribution in [2.75, 3.05) is 27.3 Å². The predicted molar refractivity (Wildman–Crippen MR) is 79.2 cm³/mol. The van der Waals surface area contributed by atoms with Crippen LogP contribution in [0.3, 0.4) is 0 Å². The fourth-order valence-corrected chi connectivity index (χ4v) is 1.85. The first-order valence-corrected chi connectivity index (χ1v) is 6.82. The van der Waals surface area contributed by atoms with E-state index in [4.69, 9.17) is 21.1 Å². The third kappa shape index (κ3) is 5.36. The van der Waals surface area contributed by atoms with Crippen molar-refractivity contribution in [3.63, 3.8) is 0 Å². The molecule has 0 saturated heterocycles. The zero-order valence-corrected chi connectivity index (χ0v) is 12.8. The Morgan fingerprint density at radius 1 is 1.45 bits per heavy atom. The van der Waals surface area contributed by atoms with Crippen LogP contribution in [0.15, 0.2) is 18.2 Å². The fraction of sp³-hybridized carbons (Fsp3) is 0.500. The number of methoxy groups -OCH3 is 1. The number of carbonyl (C=O) groups excluding carboxylic acids is 1. The molecule has 6 heteroatoms. The van der Waals surface area contributed by atoms with Crippen molar-refractivity contribution in [2.24, 2.45) is 0 Å². The molecule has 20 heavy (non-hydrogen) atoms. The van der Waals surface area contributed by atoms with Gasteiger partial charge in [0, 0.05) is 27.2 Å². The maximum absolute atomic E-state index is 11.4. The summed E-state index contributed by atoms with van der Waals surface area (Å²) >= 11 is 6.15. The van der Waals surface area contributed by atoms with E-state index in [9.17, 15) is 4.79 Å². The number of rotatable bonds is 8. The zero-order valence-electron chi connectivity index (χ0n) is 12.0. The highest BCUT2D eigenvalue weighted by atomic mass is 35.5. The van der Waals surface area contributed by atoms with Gasteiger partial charge in [-0.1, -0.05) is 17.7 Å². The number of amides is 1. The standard InChI is InChI=1S/C14H21ClN2O3/c1-10(14(18)16-2)20-13-5-4-11(8-12(13)15)9-17-6-7-19-3/h4-5,8,10,17H,6-7,9H2,1-3H3,(H,16,18). The molecule has 1 aromatic carbocycles. The molecular weight excluding hydrogens is 280 g/mol. The third-order valence-corrected chi connectivity index (χ3v) is 3.02. The molecule has 0 saturated carbocycles. The lowest BCUT2D eigenvalue weighted by Crippen LogP contribution is -2.33. The smallest absolute Gasteiger partial charge is 0.260 e. The topological polar surface area (TPSA) is 59.6 Å². The number of hydrogen-bond donors (Lipinski definition) is 2. The van der Waals surface area contributed by atoms with E-state index >= 15 is 0 Å². The molecule has 0 aliphatic rings. The van der Waals surface area contributed by atoms with E-state index in [1.807, 2.05) is 12.1 Å². The maximum Gasteiger partial charge on any atom is 0.260 e. The van der Waals surface area contributed by atoms with Gasteiger partial charge >= 0.3 is 0 Å². The molecular formula is C14H21ClN2O3. The molecule has 0 aliphatic heterocycles. The minimum absolute atomic E-state index is 0.189. The Labute approximate surface area is 124 Å². The van der Waals surface area contributed by atoms with Crippen molar-refractivity contribution in [3.8, 4) is 5.75 Å². The van der Waals surface area contributed by atoms with Crippen LogP contribution in [0, 0.1) is 0 Å². The lowest BCUT2D eigenvalue weighted by atomic mass is 10.2. The van der Waals surface area contributed by atoms with E-state index in [2.05, 4.69) is 10.6 Å². The van der Waals surface area contributed by atoms with Crippen LogP contribution >= 0.6 is 11.6 Å². The maximum atomic E-state index is 11.4. The summed E-state index contributed by atoms with van der Waals surface area (Å²) in [5.41, 5.74) is 1.05. The molecule has 1 unspecified atom stereocenters. The van der Waals surface area contributed by atoms with E-state index in [1.165, 1.54) is 0 Å². The zero-order chi connectivity index (χ0) is 15.0. The molecule has 1 aromatic rings. The summed E-state index contributed by atoms with van der Waals surface area (Å²) in [5, 5.41) is 6.25. The molecule has 0 bridgehead atoms. The van der Waals surface area contributed by atoms with Crippen molar-refractivity contribution in [3.05, 3.63) is 28.8 Å². The average Bonchev–Trinajstić information content (AvgIpc) is 2.45. The van der Waals surface area contributed by atoms with E-state index in [0.717, 1.165) is 12.1 Å². The van der Waals surface area contributed by atoms with E-state index < -0.39 is 6.10 Å². The summed E-state index contributed by atoms with van der Waals surface area (Å²) < 4.78 is 10.5. The lowest BCUT2D eigenvalue weighted by molar-refractivity contribution is -0.126. The van der Waals surface area contributed by atoms with Gasteiger partial charge in [0.1, 0.15) is 5.75 Å². The molecule has 112 valence electrons. The first kappa shape index (κ1) is 16.8. The largest absolute Gasteiger partial charge is 0.479 e. The Hall–Kier alpha value is -1.30. The van der Waals surface area contributed by atoms with E-state index in [-0.39, 0.29) is 5.91 Å². The molecule has 0 heterocycles. The number of hydrogen-bond acceptors (Lipinski definition) is 4. The first-order valence-electron chi connectivity index (χ1n) is 6.44. The van der Waals surface area contributed by atoms with Crippen LogP contribution in [-0.4, -0.2) is 39.3 Å². The van der Waals surface area contributed by atoms with Gasteiger partial charge in [0.05, 0.1) is 11.6 Å². The quantitative estimate of drug-likeness (QED) is 0.716. The predicted octanol–water partition coefficient (Wildman–Crippen LogP) is 1.59. The van der Waals surface area contributed by atoms with Gasteiger partial charge in [-0.15, -0.1) is 0 Å². The van der Waals surface area contributed by atoms with Gasteiger partial charge in [-0.25, -0.2) is 0 Å². The van der Waals surface area contributed by atoms with Crippen molar-refractivity contribution < 1.29 is 14.3 Å². The van der Waals surface area contributed by atoms with E-state index in [0.29, 0.717) is 23.9 Å². The number of likely N-dealkylation sites (N-methyl/N-ethyl adjacent to an activating group) is 1. The fourth-order valence-electron chi connectivity index (χ4n) is 1.60. The summed E-state index contributed by atoms with van der Waals surface area (Å²) in [6, 6.07) is 5.51. The SMILES string of the molecule is CNC(=O)C(C)Oc1ccc(CNCCOC)cc1Cl. The molecule has 0 aliphatic carbocycles. The number of carbonyl (C=O) groups is 1. The van der Waals surface area contributed by atoms with Crippen LogP contribution < -0.4 is 15.4 Å². The van der Waals surface area contributed by atoms with Gasteiger partial charge in [0.2, 0.25) is 0 Å². The van der Waals surface area contributed by atoms with Crippen molar-refractivity contribution in [1.82, 2.24) is 10.6 Å². The second kappa shape index (κ2) is 8.79. The third-order valence-electron chi connectivity index (χ3n) is 2.73. The Morgan fingerprint density at radius 3 is 2.80 bits per heavy atom. The van der Waals surface area contributed by atoms with Gasteiger partial charge < -0.3 is 20.1 Å². The second-order valence-electron chi connectivity index (χ2n) is 4.31. The minimum Gasteiger partial charge on any atom is -0.479 e. The summed E-state index contributed by atoms with van der Waals surface area (Å²) in [4.78, 5) is 11.4. The molecule has 0 spiro atoms.